The van der Waals surface area contributed by atoms with E-state index in [2.05, 4.69) is 93.7 Å². The summed E-state index contributed by atoms with van der Waals surface area (Å²) >= 11 is 0. The van der Waals surface area contributed by atoms with Crippen LogP contribution in [-0.2, 0) is 28.6 Å². The second kappa shape index (κ2) is 49.5. The van der Waals surface area contributed by atoms with Gasteiger partial charge >= 0.3 is 17.9 Å². The summed E-state index contributed by atoms with van der Waals surface area (Å²) in [6, 6.07) is 0. The van der Waals surface area contributed by atoms with Crippen LogP contribution in [0.2, 0.25) is 0 Å². The summed E-state index contributed by atoms with van der Waals surface area (Å²) in [5, 5.41) is 0. The average molecular weight is 851 g/mol. The monoisotopic (exact) mass is 851 g/mol. The lowest BCUT2D eigenvalue weighted by Crippen LogP contribution is -2.30. The third kappa shape index (κ3) is 47.7. The maximum absolute atomic E-state index is 12.7. The Morgan fingerprint density at radius 2 is 0.590 bits per heavy atom. The van der Waals surface area contributed by atoms with E-state index in [1.165, 1.54) is 89.9 Å². The molecule has 0 heterocycles. The number of hydrogen-bond donors (Lipinski definition) is 0. The first-order valence-corrected chi connectivity index (χ1v) is 25.4. The van der Waals surface area contributed by atoms with Gasteiger partial charge in [-0.2, -0.15) is 0 Å². The maximum Gasteiger partial charge on any atom is 0.306 e. The second-order valence-corrected chi connectivity index (χ2v) is 16.7. The quantitative estimate of drug-likeness (QED) is 0.0263. The Kier molecular flexibility index (Phi) is 46.9. The van der Waals surface area contributed by atoms with Gasteiger partial charge in [-0.1, -0.05) is 196 Å². The third-order valence-corrected chi connectivity index (χ3v) is 10.7. The molecule has 350 valence electrons. The van der Waals surface area contributed by atoms with Crippen LogP contribution in [0.3, 0.4) is 0 Å². The van der Waals surface area contributed by atoms with Crippen molar-refractivity contribution in [3.63, 3.8) is 0 Å². The van der Waals surface area contributed by atoms with Gasteiger partial charge in [0.05, 0.1) is 0 Å². The zero-order valence-electron chi connectivity index (χ0n) is 39.9. The van der Waals surface area contributed by atoms with Gasteiger partial charge in [-0.3, -0.25) is 14.4 Å². The van der Waals surface area contributed by atoms with Crippen molar-refractivity contribution < 1.29 is 28.6 Å². The molecule has 0 aliphatic heterocycles. The molecule has 0 rings (SSSR count). The van der Waals surface area contributed by atoms with Crippen LogP contribution in [0.25, 0.3) is 0 Å². The molecule has 0 aromatic carbocycles. The number of allylic oxidation sites excluding steroid dienone is 12. The van der Waals surface area contributed by atoms with Crippen molar-refractivity contribution in [2.45, 2.75) is 245 Å². The number of rotatable bonds is 45. The number of ether oxygens (including phenoxy) is 3. The van der Waals surface area contributed by atoms with Gasteiger partial charge in [-0.25, -0.2) is 0 Å². The highest BCUT2D eigenvalue weighted by molar-refractivity contribution is 5.71. The molecule has 0 aromatic rings. The van der Waals surface area contributed by atoms with Crippen molar-refractivity contribution in [1.29, 1.82) is 0 Å². The van der Waals surface area contributed by atoms with Crippen LogP contribution in [-0.4, -0.2) is 37.2 Å². The van der Waals surface area contributed by atoms with E-state index in [0.717, 1.165) is 109 Å². The number of unbranched alkanes of at least 4 members (excludes halogenated alkanes) is 22. The molecule has 0 bridgehead atoms. The molecule has 0 spiro atoms. The molecule has 0 amide bonds. The number of carbonyl (C=O) groups excluding carboxylic acids is 3. The minimum atomic E-state index is -0.784. The summed E-state index contributed by atoms with van der Waals surface area (Å²) in [6.07, 6.45) is 62.0. The number of carbonyl (C=O) groups is 3. The predicted octanol–water partition coefficient (Wildman–Crippen LogP) is 16.6. The molecule has 61 heavy (non-hydrogen) atoms. The zero-order valence-corrected chi connectivity index (χ0v) is 39.9. The molecule has 6 heteroatoms. The van der Waals surface area contributed by atoms with Crippen LogP contribution in [0.4, 0.5) is 0 Å². The summed E-state index contributed by atoms with van der Waals surface area (Å²) in [5.74, 6) is -0.926. The highest BCUT2D eigenvalue weighted by atomic mass is 16.6. The Labute approximate surface area is 376 Å². The maximum atomic E-state index is 12.7. The Hall–Kier alpha value is -3.15. The van der Waals surface area contributed by atoms with Crippen molar-refractivity contribution in [3.05, 3.63) is 72.9 Å². The molecule has 0 saturated carbocycles. The van der Waals surface area contributed by atoms with Crippen molar-refractivity contribution >= 4 is 17.9 Å². The summed E-state index contributed by atoms with van der Waals surface area (Å²) < 4.78 is 16.6. The number of hydrogen-bond acceptors (Lipinski definition) is 6. The van der Waals surface area contributed by atoms with E-state index in [4.69, 9.17) is 14.2 Å². The van der Waals surface area contributed by atoms with Crippen LogP contribution in [0.1, 0.15) is 239 Å². The Morgan fingerprint density at radius 3 is 0.951 bits per heavy atom. The fraction of sp³-hybridized carbons (Fsp3) is 0.727. The SMILES string of the molecule is CCCCC/C=C\C/C=C\C/C=C\CCCCCCCCC(=O)OCC(COC(=O)CCCCCCC)OC(=O)CCCCCCCC/C=C\C/C=C\C/C=C\CCCCC. The molecule has 0 N–H and O–H groups in total. The fourth-order valence-electron chi connectivity index (χ4n) is 6.81. The van der Waals surface area contributed by atoms with E-state index in [0.29, 0.717) is 19.3 Å². The standard InChI is InChI=1S/C55H94O6/c1-4-7-10-13-15-17-19-21-23-25-27-29-31-33-35-37-39-42-45-48-54(57)60-51-52(50-59-53(56)47-44-41-12-9-6-3)61-55(58)49-46-43-40-38-36-34-32-30-28-26-24-22-20-18-16-14-11-8-5-2/h15-18,21-24,27-30,52H,4-14,19-20,25-26,31-51H2,1-3H3/b17-15-,18-16-,23-21-,24-22-,29-27-,30-28-. The predicted molar refractivity (Wildman–Crippen MR) is 261 cm³/mol. The number of esters is 3. The molecule has 0 saturated heterocycles. The Morgan fingerprint density at radius 1 is 0.328 bits per heavy atom. The van der Waals surface area contributed by atoms with Gasteiger partial charge in [-0.05, 0) is 96.3 Å². The molecular formula is C55H94O6. The molecule has 1 unspecified atom stereocenters. The first-order valence-electron chi connectivity index (χ1n) is 25.4. The molecule has 0 aromatic heterocycles. The topological polar surface area (TPSA) is 78.9 Å². The highest BCUT2D eigenvalue weighted by Gasteiger charge is 2.19. The minimum absolute atomic E-state index is 0.0865. The van der Waals surface area contributed by atoms with E-state index in [1.54, 1.807) is 0 Å². The molecule has 1 atom stereocenters. The van der Waals surface area contributed by atoms with Crippen LogP contribution in [0.15, 0.2) is 72.9 Å². The normalized spacial score (nSPS) is 12.6. The van der Waals surface area contributed by atoms with E-state index in [1.807, 2.05) is 0 Å². The molecule has 6 nitrogen and oxygen atoms in total. The lowest BCUT2D eigenvalue weighted by atomic mass is 10.1. The van der Waals surface area contributed by atoms with Gasteiger partial charge in [0.15, 0.2) is 6.10 Å². The van der Waals surface area contributed by atoms with Gasteiger partial charge in [0.2, 0.25) is 0 Å². The molecular weight excluding hydrogens is 757 g/mol. The summed E-state index contributed by atoms with van der Waals surface area (Å²) in [4.78, 5) is 37.7. The lowest BCUT2D eigenvalue weighted by molar-refractivity contribution is -0.167. The van der Waals surface area contributed by atoms with Crippen molar-refractivity contribution in [2.24, 2.45) is 0 Å². The van der Waals surface area contributed by atoms with E-state index >= 15 is 0 Å². The minimum Gasteiger partial charge on any atom is -0.462 e. The third-order valence-electron chi connectivity index (χ3n) is 10.7. The first kappa shape index (κ1) is 57.9. The summed E-state index contributed by atoms with van der Waals surface area (Å²) in [5.41, 5.74) is 0. The first-order chi connectivity index (χ1) is 30.0. The molecule has 0 aliphatic carbocycles. The fourth-order valence-corrected chi connectivity index (χ4v) is 6.81. The van der Waals surface area contributed by atoms with Crippen LogP contribution in [0, 0.1) is 0 Å². The van der Waals surface area contributed by atoms with Crippen molar-refractivity contribution in [2.75, 3.05) is 13.2 Å². The van der Waals surface area contributed by atoms with Gasteiger partial charge in [0.25, 0.3) is 0 Å². The molecule has 0 aliphatic rings. The highest BCUT2D eigenvalue weighted by Crippen LogP contribution is 2.13. The Balaban J connectivity index is 4.23. The van der Waals surface area contributed by atoms with E-state index in [-0.39, 0.29) is 31.1 Å². The van der Waals surface area contributed by atoms with E-state index < -0.39 is 6.10 Å². The largest absolute Gasteiger partial charge is 0.462 e. The van der Waals surface area contributed by atoms with Crippen LogP contribution >= 0.6 is 0 Å². The smallest absolute Gasteiger partial charge is 0.306 e. The van der Waals surface area contributed by atoms with Crippen molar-refractivity contribution in [3.8, 4) is 0 Å². The lowest BCUT2D eigenvalue weighted by Gasteiger charge is -2.18. The summed E-state index contributed by atoms with van der Waals surface area (Å²) in [6.45, 7) is 6.47. The summed E-state index contributed by atoms with van der Waals surface area (Å²) in [7, 11) is 0. The van der Waals surface area contributed by atoms with Crippen LogP contribution in [0.5, 0.6) is 0 Å². The van der Waals surface area contributed by atoms with Crippen LogP contribution < -0.4 is 0 Å². The average Bonchev–Trinajstić information content (AvgIpc) is 3.26. The van der Waals surface area contributed by atoms with Gasteiger partial charge < -0.3 is 14.2 Å². The van der Waals surface area contributed by atoms with Crippen molar-refractivity contribution in [1.82, 2.24) is 0 Å². The zero-order chi connectivity index (χ0) is 44.4. The molecule has 0 radical (unpaired) electrons. The second-order valence-electron chi connectivity index (χ2n) is 16.7. The van der Waals surface area contributed by atoms with Gasteiger partial charge in [0, 0.05) is 19.3 Å². The van der Waals surface area contributed by atoms with E-state index in [9.17, 15) is 14.4 Å². The van der Waals surface area contributed by atoms with Gasteiger partial charge in [-0.15, -0.1) is 0 Å². The van der Waals surface area contributed by atoms with Gasteiger partial charge in [0.1, 0.15) is 13.2 Å². The Bertz CT molecular complexity index is 1160. The molecule has 0 fully saturated rings.